The van der Waals surface area contributed by atoms with Crippen molar-refractivity contribution < 1.29 is 19.1 Å². The number of amides is 2. The number of anilines is 1. The highest BCUT2D eigenvalue weighted by atomic mass is 19.1. The lowest BCUT2D eigenvalue weighted by Gasteiger charge is -2.27. The molecule has 0 spiro atoms. The summed E-state index contributed by atoms with van der Waals surface area (Å²) in [5, 5.41) is 15.0. The Morgan fingerprint density at radius 3 is 2.52 bits per heavy atom. The number of nitrogens with one attached hydrogen (secondary N) is 2. The number of benzene rings is 1. The Labute approximate surface area is 123 Å². The van der Waals surface area contributed by atoms with Crippen molar-refractivity contribution in [3.05, 3.63) is 29.6 Å². The average molecular weight is 296 g/mol. The second-order valence-electron chi connectivity index (χ2n) is 5.57. The topological polar surface area (TPSA) is 78.4 Å². The van der Waals surface area contributed by atoms with Gasteiger partial charge in [0.05, 0.1) is 11.2 Å². The Morgan fingerprint density at radius 2 is 2.00 bits per heavy atom. The predicted octanol–water partition coefficient (Wildman–Crippen LogP) is 1.92. The van der Waals surface area contributed by atoms with Gasteiger partial charge in [-0.05, 0) is 31.0 Å². The van der Waals surface area contributed by atoms with E-state index in [1.165, 1.54) is 19.1 Å². The van der Waals surface area contributed by atoms with Crippen molar-refractivity contribution in [2.24, 2.45) is 5.92 Å². The smallest absolute Gasteiger partial charge is 0.254 e. The van der Waals surface area contributed by atoms with Crippen LogP contribution < -0.4 is 10.6 Å². The van der Waals surface area contributed by atoms with Crippen molar-refractivity contribution in [3.63, 3.8) is 0 Å². The molecule has 21 heavy (non-hydrogen) atoms. The van der Waals surface area contributed by atoms with E-state index >= 15 is 0 Å². The Bertz CT molecular complexity index is 542. The fourth-order valence-corrected chi connectivity index (χ4v) is 1.54. The van der Waals surface area contributed by atoms with Gasteiger partial charge < -0.3 is 15.7 Å². The minimum Gasteiger partial charge on any atom is -0.388 e. The SMILES string of the molecule is CC(=O)Nc1ccc(F)c(C(=O)NCC(C)(O)C(C)C)c1. The summed E-state index contributed by atoms with van der Waals surface area (Å²) in [4.78, 5) is 23.0. The van der Waals surface area contributed by atoms with Crippen LogP contribution in [0.2, 0.25) is 0 Å². The zero-order chi connectivity index (χ0) is 16.2. The molecule has 0 heterocycles. The maximum Gasteiger partial charge on any atom is 0.254 e. The van der Waals surface area contributed by atoms with Gasteiger partial charge in [0.15, 0.2) is 0 Å². The summed E-state index contributed by atoms with van der Waals surface area (Å²) in [5.74, 6) is -1.70. The Kier molecular flexibility index (Phi) is 5.43. The number of halogens is 1. The fraction of sp³-hybridized carbons (Fsp3) is 0.467. The minimum atomic E-state index is -1.08. The van der Waals surface area contributed by atoms with Crippen LogP contribution in [0.15, 0.2) is 18.2 Å². The lowest BCUT2D eigenvalue weighted by molar-refractivity contribution is -0.114. The van der Waals surface area contributed by atoms with Gasteiger partial charge in [-0.3, -0.25) is 9.59 Å². The van der Waals surface area contributed by atoms with E-state index in [0.717, 1.165) is 6.07 Å². The van der Waals surface area contributed by atoms with Crippen LogP contribution in [0.25, 0.3) is 0 Å². The van der Waals surface area contributed by atoms with E-state index < -0.39 is 17.3 Å². The second kappa shape index (κ2) is 6.67. The second-order valence-corrected chi connectivity index (χ2v) is 5.57. The molecule has 6 heteroatoms. The molecule has 1 aromatic rings. The molecule has 2 amide bonds. The van der Waals surface area contributed by atoms with Crippen LogP contribution >= 0.6 is 0 Å². The summed E-state index contributed by atoms with van der Waals surface area (Å²) in [6, 6.07) is 3.74. The molecule has 1 aromatic carbocycles. The summed E-state index contributed by atoms with van der Waals surface area (Å²) in [5.41, 5.74) is -0.924. The first-order valence-corrected chi connectivity index (χ1v) is 6.71. The zero-order valence-corrected chi connectivity index (χ0v) is 12.7. The average Bonchev–Trinajstić information content (AvgIpc) is 2.37. The van der Waals surface area contributed by atoms with Crippen molar-refractivity contribution in [1.82, 2.24) is 5.32 Å². The normalized spacial score (nSPS) is 13.7. The monoisotopic (exact) mass is 296 g/mol. The standard InChI is InChI=1S/C15H21FN2O3/c1-9(2)15(4,21)8-17-14(20)12-7-11(18-10(3)19)5-6-13(12)16/h5-7,9,21H,8H2,1-4H3,(H,17,20)(H,18,19). The first-order chi connectivity index (χ1) is 9.63. The van der Waals surface area contributed by atoms with E-state index in [4.69, 9.17) is 0 Å². The Morgan fingerprint density at radius 1 is 1.38 bits per heavy atom. The van der Waals surface area contributed by atoms with Crippen molar-refractivity contribution >= 4 is 17.5 Å². The molecule has 3 N–H and O–H groups in total. The molecule has 1 unspecified atom stereocenters. The summed E-state index contributed by atoms with van der Waals surface area (Å²) < 4.78 is 13.7. The first-order valence-electron chi connectivity index (χ1n) is 6.71. The molecule has 0 aliphatic rings. The lowest BCUT2D eigenvalue weighted by atomic mass is 9.92. The lowest BCUT2D eigenvalue weighted by Crippen LogP contribution is -2.44. The van der Waals surface area contributed by atoms with Crippen molar-refractivity contribution in [2.45, 2.75) is 33.3 Å². The first kappa shape index (κ1) is 17.1. The van der Waals surface area contributed by atoms with Crippen LogP contribution in [0.1, 0.15) is 38.1 Å². The highest BCUT2D eigenvalue weighted by Crippen LogP contribution is 2.17. The van der Waals surface area contributed by atoms with Crippen molar-refractivity contribution in [2.75, 3.05) is 11.9 Å². The number of carbonyl (C=O) groups excluding carboxylic acids is 2. The molecule has 0 aromatic heterocycles. The minimum absolute atomic E-state index is 0.00725. The third-order valence-corrected chi connectivity index (χ3v) is 3.38. The molecule has 0 fully saturated rings. The van der Waals surface area contributed by atoms with E-state index in [2.05, 4.69) is 10.6 Å². The number of hydrogen-bond donors (Lipinski definition) is 3. The molecule has 116 valence electrons. The molecule has 0 radical (unpaired) electrons. The number of carbonyl (C=O) groups is 2. The third-order valence-electron chi connectivity index (χ3n) is 3.38. The van der Waals surface area contributed by atoms with E-state index in [0.29, 0.717) is 5.69 Å². The number of aliphatic hydroxyl groups is 1. The highest BCUT2D eigenvalue weighted by molar-refractivity contribution is 5.97. The van der Waals surface area contributed by atoms with Crippen LogP contribution in [0.4, 0.5) is 10.1 Å². The molecular weight excluding hydrogens is 275 g/mol. The van der Waals surface area contributed by atoms with Gasteiger partial charge in [-0.15, -0.1) is 0 Å². The van der Waals surface area contributed by atoms with Crippen LogP contribution in [0.3, 0.4) is 0 Å². The number of rotatable bonds is 5. The summed E-state index contributed by atoms with van der Waals surface area (Å²) in [6.45, 7) is 6.58. The fourth-order valence-electron chi connectivity index (χ4n) is 1.54. The highest BCUT2D eigenvalue weighted by Gasteiger charge is 2.26. The van der Waals surface area contributed by atoms with Crippen molar-refractivity contribution in [1.29, 1.82) is 0 Å². The van der Waals surface area contributed by atoms with Gasteiger partial charge in [-0.25, -0.2) is 4.39 Å². The number of hydrogen-bond acceptors (Lipinski definition) is 3. The summed E-state index contributed by atoms with van der Waals surface area (Å²) in [6.07, 6.45) is 0. The third kappa shape index (κ3) is 4.82. The molecule has 0 aliphatic carbocycles. The largest absolute Gasteiger partial charge is 0.388 e. The quantitative estimate of drug-likeness (QED) is 0.777. The Hall–Kier alpha value is -1.95. The molecular formula is C15H21FN2O3. The molecule has 1 atom stereocenters. The summed E-state index contributed by atoms with van der Waals surface area (Å²) in [7, 11) is 0. The van der Waals surface area contributed by atoms with Crippen LogP contribution in [-0.4, -0.2) is 29.1 Å². The summed E-state index contributed by atoms with van der Waals surface area (Å²) >= 11 is 0. The molecule has 1 rings (SSSR count). The maximum absolute atomic E-state index is 13.7. The predicted molar refractivity (Wildman–Crippen MR) is 78.5 cm³/mol. The molecule has 0 aliphatic heterocycles. The van der Waals surface area contributed by atoms with Gasteiger partial charge in [0.2, 0.25) is 5.91 Å². The van der Waals surface area contributed by atoms with Gasteiger partial charge in [0.1, 0.15) is 5.82 Å². The van der Waals surface area contributed by atoms with Gasteiger partial charge in [-0.2, -0.15) is 0 Å². The van der Waals surface area contributed by atoms with Crippen molar-refractivity contribution in [3.8, 4) is 0 Å². The molecule has 0 saturated heterocycles. The van der Waals surface area contributed by atoms with Gasteiger partial charge in [0, 0.05) is 19.2 Å². The zero-order valence-electron chi connectivity index (χ0n) is 12.7. The molecule has 0 saturated carbocycles. The molecule has 5 nitrogen and oxygen atoms in total. The van der Waals surface area contributed by atoms with E-state index in [-0.39, 0.29) is 23.9 Å². The van der Waals surface area contributed by atoms with Gasteiger partial charge in [-0.1, -0.05) is 13.8 Å². The van der Waals surface area contributed by atoms with Crippen LogP contribution in [0, 0.1) is 11.7 Å². The van der Waals surface area contributed by atoms with Gasteiger partial charge >= 0.3 is 0 Å². The van der Waals surface area contributed by atoms with E-state index in [1.807, 2.05) is 13.8 Å². The molecule has 0 bridgehead atoms. The maximum atomic E-state index is 13.7. The van der Waals surface area contributed by atoms with E-state index in [1.54, 1.807) is 6.92 Å². The van der Waals surface area contributed by atoms with Crippen LogP contribution in [0.5, 0.6) is 0 Å². The van der Waals surface area contributed by atoms with E-state index in [9.17, 15) is 19.1 Å². The van der Waals surface area contributed by atoms with Gasteiger partial charge in [0.25, 0.3) is 5.91 Å². The Balaban J connectivity index is 2.84. The van der Waals surface area contributed by atoms with Crippen LogP contribution in [-0.2, 0) is 4.79 Å².